The summed E-state index contributed by atoms with van der Waals surface area (Å²) < 4.78 is 4.96. The molecule has 0 unspecified atom stereocenters. The molecule has 21 heavy (non-hydrogen) atoms. The van der Waals surface area contributed by atoms with E-state index in [4.69, 9.17) is 4.74 Å². The molecule has 2 nitrogen and oxygen atoms in total. The number of carbonyl (C=O) groups is 1. The molecule has 0 N–H and O–H groups in total. The zero-order valence-electron chi connectivity index (χ0n) is 11.9. The van der Waals surface area contributed by atoms with Crippen molar-refractivity contribution >= 4 is 11.5 Å². The number of carbonyl (C=O) groups excluding carboxylic acids is 1. The van der Waals surface area contributed by atoms with Crippen LogP contribution in [0.2, 0.25) is 0 Å². The Bertz CT molecular complexity index is 674. The molecule has 2 aromatic carbocycles. The monoisotopic (exact) mass is 276 g/mol. The minimum Gasteiger partial charge on any atom is -0.463 e. The minimum absolute atomic E-state index is 0.351. The van der Waals surface area contributed by atoms with Crippen LogP contribution in [0.3, 0.4) is 0 Å². The third kappa shape index (κ3) is 4.67. The van der Waals surface area contributed by atoms with Crippen LogP contribution in [0, 0.1) is 11.8 Å². The molecule has 0 aromatic heterocycles. The molecule has 2 rings (SSSR count). The van der Waals surface area contributed by atoms with E-state index in [1.165, 1.54) is 6.08 Å². The van der Waals surface area contributed by atoms with Crippen molar-refractivity contribution in [2.24, 2.45) is 0 Å². The predicted octanol–water partition coefficient (Wildman–Crippen LogP) is 3.68. The molecule has 0 heterocycles. The molecule has 0 spiro atoms. The molecule has 2 heteroatoms. The van der Waals surface area contributed by atoms with Crippen molar-refractivity contribution in [3.05, 3.63) is 77.9 Å². The molecule has 0 saturated carbocycles. The Morgan fingerprint density at radius 1 is 1.05 bits per heavy atom. The molecule has 0 aliphatic carbocycles. The van der Waals surface area contributed by atoms with Crippen molar-refractivity contribution in [3.63, 3.8) is 0 Å². The van der Waals surface area contributed by atoms with Crippen LogP contribution in [-0.2, 0) is 9.53 Å². The van der Waals surface area contributed by atoms with Crippen LogP contribution >= 0.6 is 0 Å². The Morgan fingerprint density at radius 2 is 1.67 bits per heavy atom. The van der Waals surface area contributed by atoms with Crippen LogP contribution in [0.1, 0.15) is 18.1 Å². The average molecular weight is 276 g/mol. The lowest BCUT2D eigenvalue weighted by molar-refractivity contribution is -0.137. The quantitative estimate of drug-likeness (QED) is 0.485. The van der Waals surface area contributed by atoms with Gasteiger partial charge in [0.25, 0.3) is 0 Å². The third-order valence-electron chi connectivity index (χ3n) is 2.75. The van der Waals surface area contributed by atoms with E-state index in [1.807, 2.05) is 60.7 Å². The zero-order valence-corrected chi connectivity index (χ0v) is 11.9. The van der Waals surface area contributed by atoms with Crippen molar-refractivity contribution in [2.45, 2.75) is 6.92 Å². The summed E-state index contributed by atoms with van der Waals surface area (Å²) in [6, 6.07) is 19.3. The molecule has 0 saturated heterocycles. The molecule has 0 radical (unpaired) electrons. The fourth-order valence-electron chi connectivity index (χ4n) is 1.77. The van der Waals surface area contributed by atoms with Crippen molar-refractivity contribution < 1.29 is 9.53 Å². The lowest BCUT2D eigenvalue weighted by Crippen LogP contribution is -2.00. The summed E-state index contributed by atoms with van der Waals surface area (Å²) >= 11 is 0. The van der Waals surface area contributed by atoms with Gasteiger partial charge in [-0.1, -0.05) is 60.4 Å². The van der Waals surface area contributed by atoms with E-state index in [0.29, 0.717) is 12.2 Å². The summed E-state index contributed by atoms with van der Waals surface area (Å²) in [5.41, 5.74) is 2.45. The fraction of sp³-hybridized carbons (Fsp3) is 0.105. The van der Waals surface area contributed by atoms with Crippen molar-refractivity contribution in [1.29, 1.82) is 0 Å². The first-order valence-electron chi connectivity index (χ1n) is 6.80. The van der Waals surface area contributed by atoms with Gasteiger partial charge in [0.15, 0.2) is 0 Å². The van der Waals surface area contributed by atoms with Crippen LogP contribution in [0.5, 0.6) is 0 Å². The molecule has 0 amide bonds. The van der Waals surface area contributed by atoms with Crippen molar-refractivity contribution in [2.75, 3.05) is 6.61 Å². The minimum atomic E-state index is -0.376. The Morgan fingerprint density at radius 3 is 2.29 bits per heavy atom. The summed E-state index contributed by atoms with van der Waals surface area (Å²) in [7, 11) is 0. The van der Waals surface area contributed by atoms with E-state index in [0.717, 1.165) is 11.1 Å². The van der Waals surface area contributed by atoms with Crippen molar-refractivity contribution in [1.82, 2.24) is 0 Å². The number of hydrogen-bond acceptors (Lipinski definition) is 2. The molecular weight excluding hydrogens is 260 g/mol. The van der Waals surface area contributed by atoms with E-state index < -0.39 is 0 Å². The van der Waals surface area contributed by atoms with Crippen LogP contribution in [0.15, 0.2) is 66.7 Å². The Labute approximate surface area is 125 Å². The molecule has 0 aliphatic heterocycles. The lowest BCUT2D eigenvalue weighted by atomic mass is 10.1. The first-order valence-corrected chi connectivity index (χ1v) is 6.80. The van der Waals surface area contributed by atoms with Crippen LogP contribution in [-0.4, -0.2) is 12.6 Å². The SMILES string of the molecule is CCOC(=O)C=C(C#Cc1ccccc1)c1ccccc1. The molecule has 0 fully saturated rings. The van der Waals surface area contributed by atoms with E-state index in [-0.39, 0.29) is 5.97 Å². The average Bonchev–Trinajstić information content (AvgIpc) is 2.53. The molecular formula is C19H16O2. The van der Waals surface area contributed by atoms with Gasteiger partial charge >= 0.3 is 5.97 Å². The van der Waals surface area contributed by atoms with Gasteiger partial charge in [0.2, 0.25) is 0 Å². The second-order valence-corrected chi connectivity index (χ2v) is 4.29. The van der Waals surface area contributed by atoms with Gasteiger partial charge in [0.05, 0.1) is 6.61 Å². The summed E-state index contributed by atoms with van der Waals surface area (Å²) in [5, 5.41) is 0. The summed E-state index contributed by atoms with van der Waals surface area (Å²) in [5.74, 6) is 5.74. The Hall–Kier alpha value is -2.79. The van der Waals surface area contributed by atoms with E-state index in [9.17, 15) is 4.79 Å². The van der Waals surface area contributed by atoms with Gasteiger partial charge < -0.3 is 4.74 Å². The number of esters is 1. The highest BCUT2D eigenvalue weighted by Gasteiger charge is 2.02. The maximum absolute atomic E-state index is 11.7. The largest absolute Gasteiger partial charge is 0.463 e. The number of hydrogen-bond donors (Lipinski definition) is 0. The number of allylic oxidation sites excluding steroid dienone is 1. The van der Waals surface area contributed by atoms with Crippen LogP contribution in [0.25, 0.3) is 5.57 Å². The number of benzene rings is 2. The van der Waals surface area contributed by atoms with Crippen LogP contribution < -0.4 is 0 Å². The summed E-state index contributed by atoms with van der Waals surface area (Å²) in [6.07, 6.45) is 1.44. The highest BCUT2D eigenvalue weighted by atomic mass is 16.5. The molecule has 0 bridgehead atoms. The highest BCUT2D eigenvalue weighted by molar-refractivity contribution is 5.96. The standard InChI is InChI=1S/C19H16O2/c1-2-21-19(20)15-18(17-11-7-4-8-12-17)14-13-16-9-5-3-6-10-16/h3-12,15H,2H2,1H3. The number of ether oxygens (including phenoxy) is 1. The molecule has 104 valence electrons. The van der Waals surface area contributed by atoms with E-state index in [1.54, 1.807) is 6.92 Å². The Balaban J connectivity index is 2.34. The maximum atomic E-state index is 11.7. The maximum Gasteiger partial charge on any atom is 0.332 e. The fourth-order valence-corrected chi connectivity index (χ4v) is 1.77. The number of rotatable bonds is 3. The van der Waals surface area contributed by atoms with Gasteiger partial charge in [-0.3, -0.25) is 0 Å². The van der Waals surface area contributed by atoms with Gasteiger partial charge in [-0.15, -0.1) is 0 Å². The third-order valence-corrected chi connectivity index (χ3v) is 2.75. The van der Waals surface area contributed by atoms with Crippen molar-refractivity contribution in [3.8, 4) is 11.8 Å². The summed E-state index contributed by atoms with van der Waals surface area (Å²) in [6.45, 7) is 2.13. The zero-order chi connectivity index (χ0) is 14.9. The predicted molar refractivity (Wildman–Crippen MR) is 84.4 cm³/mol. The second kappa shape index (κ2) is 7.72. The topological polar surface area (TPSA) is 26.3 Å². The Kier molecular flexibility index (Phi) is 5.37. The van der Waals surface area contributed by atoms with Gasteiger partial charge in [-0.05, 0) is 24.6 Å². The lowest BCUT2D eigenvalue weighted by Gasteiger charge is -2.01. The molecule has 0 aliphatic rings. The smallest absolute Gasteiger partial charge is 0.332 e. The first-order chi connectivity index (χ1) is 10.3. The van der Waals surface area contributed by atoms with E-state index >= 15 is 0 Å². The van der Waals surface area contributed by atoms with Gasteiger partial charge in [-0.2, -0.15) is 0 Å². The normalized spacial score (nSPS) is 10.4. The van der Waals surface area contributed by atoms with Gasteiger partial charge in [0, 0.05) is 17.2 Å². The van der Waals surface area contributed by atoms with Gasteiger partial charge in [0.1, 0.15) is 0 Å². The molecule has 2 aromatic rings. The van der Waals surface area contributed by atoms with Crippen LogP contribution in [0.4, 0.5) is 0 Å². The highest BCUT2D eigenvalue weighted by Crippen LogP contribution is 2.13. The second-order valence-electron chi connectivity index (χ2n) is 4.29. The summed E-state index contributed by atoms with van der Waals surface area (Å²) in [4.78, 5) is 11.7. The van der Waals surface area contributed by atoms with Gasteiger partial charge in [-0.25, -0.2) is 4.79 Å². The van der Waals surface area contributed by atoms with E-state index in [2.05, 4.69) is 11.8 Å². The first kappa shape index (κ1) is 14.6. The molecule has 0 atom stereocenters.